The predicted octanol–water partition coefficient (Wildman–Crippen LogP) is 5.44. The van der Waals surface area contributed by atoms with Crippen LogP contribution in [0.2, 0.25) is 0 Å². The van der Waals surface area contributed by atoms with Gasteiger partial charge in [-0.2, -0.15) is 0 Å². The average Bonchev–Trinajstić information content (AvgIpc) is 3.47. The molecule has 2 fully saturated rings. The summed E-state index contributed by atoms with van der Waals surface area (Å²) in [5.41, 5.74) is 5.73. The molecule has 0 heterocycles. The van der Waals surface area contributed by atoms with Crippen LogP contribution in [0.5, 0.6) is 0 Å². The van der Waals surface area contributed by atoms with Gasteiger partial charge < -0.3 is 20.1 Å². The van der Waals surface area contributed by atoms with Crippen LogP contribution in [0.25, 0.3) is 11.1 Å². The highest BCUT2D eigenvalue weighted by molar-refractivity contribution is 5.80. The first-order valence-electron chi connectivity index (χ1n) is 14.1. The summed E-state index contributed by atoms with van der Waals surface area (Å²) in [6, 6.07) is 26.2. The molecule has 6 rings (SSSR count). The molecule has 3 aliphatic rings. The van der Waals surface area contributed by atoms with Crippen molar-refractivity contribution in [3.63, 3.8) is 0 Å². The maximum atomic E-state index is 13.5. The highest BCUT2D eigenvalue weighted by Crippen LogP contribution is 2.50. The molecule has 3 aromatic carbocycles. The van der Waals surface area contributed by atoms with E-state index in [0.29, 0.717) is 18.9 Å². The van der Waals surface area contributed by atoms with Crippen LogP contribution >= 0.6 is 0 Å². The third-order valence-corrected chi connectivity index (χ3v) is 8.94. The second kappa shape index (κ2) is 11.2. The molecule has 0 saturated heterocycles. The summed E-state index contributed by atoms with van der Waals surface area (Å²) in [4.78, 5) is 39.2. The first-order chi connectivity index (χ1) is 19.5. The van der Waals surface area contributed by atoms with Gasteiger partial charge in [-0.05, 0) is 58.9 Å². The number of hydrogen-bond donors (Lipinski definition) is 2. The first kappa shape index (κ1) is 26.1. The van der Waals surface area contributed by atoms with Gasteiger partial charge in [0.2, 0.25) is 5.91 Å². The lowest BCUT2D eigenvalue weighted by atomic mass is 9.71. The lowest BCUT2D eigenvalue weighted by Crippen LogP contribution is -2.50. The van der Waals surface area contributed by atoms with E-state index in [1.165, 1.54) is 22.3 Å². The van der Waals surface area contributed by atoms with Crippen molar-refractivity contribution in [2.45, 2.75) is 44.2 Å². The molecule has 7 nitrogen and oxygen atoms in total. The second-order valence-electron chi connectivity index (χ2n) is 11.3. The van der Waals surface area contributed by atoms with Crippen molar-refractivity contribution in [1.82, 2.24) is 10.2 Å². The summed E-state index contributed by atoms with van der Waals surface area (Å²) in [6.45, 7) is 0.871. The Hall–Kier alpha value is -4.13. The van der Waals surface area contributed by atoms with Gasteiger partial charge in [-0.1, -0.05) is 78.9 Å². The second-order valence-corrected chi connectivity index (χ2v) is 11.3. The molecule has 4 atom stereocenters. The summed E-state index contributed by atoms with van der Waals surface area (Å²) in [7, 11) is 0. The highest BCUT2D eigenvalue weighted by Gasteiger charge is 2.50. The van der Waals surface area contributed by atoms with Gasteiger partial charge in [0, 0.05) is 31.0 Å². The predicted molar refractivity (Wildman–Crippen MR) is 150 cm³/mol. The van der Waals surface area contributed by atoms with Gasteiger partial charge in [0.05, 0.1) is 6.42 Å². The Balaban J connectivity index is 1.04. The van der Waals surface area contributed by atoms with Crippen LogP contribution in [0.3, 0.4) is 0 Å². The van der Waals surface area contributed by atoms with Gasteiger partial charge in [0.1, 0.15) is 6.61 Å². The lowest BCUT2D eigenvalue weighted by molar-refractivity contribution is -0.140. The zero-order chi connectivity index (χ0) is 27.6. The number of aliphatic carboxylic acids is 1. The molecule has 0 aliphatic heterocycles. The van der Waals surface area contributed by atoms with E-state index in [2.05, 4.69) is 29.6 Å². The Bertz CT molecular complexity index is 1360. The molecule has 0 aromatic heterocycles. The molecule has 3 aliphatic carbocycles. The van der Waals surface area contributed by atoms with Crippen LogP contribution < -0.4 is 5.32 Å². The Morgan fingerprint density at radius 1 is 0.850 bits per heavy atom. The number of ether oxygens (including phenoxy) is 1. The zero-order valence-electron chi connectivity index (χ0n) is 22.4. The van der Waals surface area contributed by atoms with Crippen molar-refractivity contribution < 1.29 is 24.2 Å². The van der Waals surface area contributed by atoms with Gasteiger partial charge in [-0.15, -0.1) is 0 Å². The molecule has 0 spiro atoms. The van der Waals surface area contributed by atoms with Gasteiger partial charge in [-0.3, -0.25) is 9.59 Å². The number of carbonyl (C=O) groups is 3. The minimum absolute atomic E-state index is 0.0000403. The fourth-order valence-electron chi connectivity index (χ4n) is 6.95. The number of amides is 2. The molecule has 40 heavy (non-hydrogen) atoms. The quantitative estimate of drug-likeness (QED) is 0.378. The Morgan fingerprint density at radius 2 is 1.50 bits per heavy atom. The molecule has 2 N–H and O–H groups in total. The molecule has 2 saturated carbocycles. The molecular formula is C33H34N2O5. The van der Waals surface area contributed by atoms with Crippen LogP contribution in [0.15, 0.2) is 78.9 Å². The van der Waals surface area contributed by atoms with Crippen LogP contribution in [-0.4, -0.2) is 47.2 Å². The smallest absolute Gasteiger partial charge is 0.407 e. The number of nitrogens with zero attached hydrogens (tertiary/aromatic N) is 1. The van der Waals surface area contributed by atoms with Crippen molar-refractivity contribution in [3.05, 3.63) is 95.6 Å². The van der Waals surface area contributed by atoms with Gasteiger partial charge in [0.25, 0.3) is 0 Å². The first-order valence-corrected chi connectivity index (χ1v) is 14.1. The van der Waals surface area contributed by atoms with Crippen molar-refractivity contribution in [2.24, 2.45) is 17.8 Å². The highest BCUT2D eigenvalue weighted by atomic mass is 16.5. The molecule has 2 amide bonds. The zero-order valence-corrected chi connectivity index (χ0v) is 22.4. The van der Waals surface area contributed by atoms with E-state index in [1.807, 2.05) is 54.6 Å². The standard InChI is InChI=1S/C33H34N2O5/c36-31(37)14-15-35(19-21-8-2-1-3-9-21)32(38)23-16-22-18-30(28(22)17-23)34-33(39)40-20-29-26-12-6-4-10-24(26)25-11-5-7-13-27(25)29/h1-13,22-23,28-30H,14-20H2,(H,34,39)(H,36,37). The Kier molecular flexibility index (Phi) is 7.29. The van der Waals surface area contributed by atoms with Crippen molar-refractivity contribution >= 4 is 18.0 Å². The number of hydrogen-bond acceptors (Lipinski definition) is 4. The van der Waals surface area contributed by atoms with Crippen LogP contribution in [0, 0.1) is 17.8 Å². The van der Waals surface area contributed by atoms with Crippen LogP contribution in [0.4, 0.5) is 4.79 Å². The lowest BCUT2D eigenvalue weighted by Gasteiger charge is -2.40. The third kappa shape index (κ3) is 5.20. The number of carbonyl (C=O) groups excluding carboxylic acids is 2. The van der Waals surface area contributed by atoms with Gasteiger partial charge in [-0.25, -0.2) is 4.79 Å². The van der Waals surface area contributed by atoms with E-state index in [4.69, 9.17) is 4.74 Å². The number of nitrogens with one attached hydrogen (secondary N) is 1. The largest absolute Gasteiger partial charge is 0.481 e. The normalized spacial score (nSPS) is 22.4. The molecule has 0 radical (unpaired) electrons. The maximum Gasteiger partial charge on any atom is 0.407 e. The van der Waals surface area contributed by atoms with Crippen molar-refractivity contribution in [3.8, 4) is 11.1 Å². The van der Waals surface area contributed by atoms with E-state index in [1.54, 1.807) is 4.90 Å². The summed E-state index contributed by atoms with van der Waals surface area (Å²) in [5, 5.41) is 12.3. The Labute approximate surface area is 234 Å². The van der Waals surface area contributed by atoms with Gasteiger partial charge >= 0.3 is 12.1 Å². The van der Waals surface area contributed by atoms with Crippen molar-refractivity contribution in [1.29, 1.82) is 0 Å². The SMILES string of the molecule is O=C(O)CCN(Cc1ccccc1)C(=O)C1CC2CC(NC(=O)OCC3c4ccccc4-c4ccccc43)C2C1. The minimum Gasteiger partial charge on any atom is -0.481 e. The summed E-state index contributed by atoms with van der Waals surface area (Å²) in [5.74, 6) is -0.397. The fourth-order valence-corrected chi connectivity index (χ4v) is 6.95. The van der Waals surface area contributed by atoms with Crippen LogP contribution in [0.1, 0.15) is 48.3 Å². The number of rotatable bonds is 9. The molecule has 7 heteroatoms. The molecule has 3 aromatic rings. The average molecular weight is 539 g/mol. The number of carboxylic acid groups (broad SMARTS) is 1. The van der Waals surface area contributed by atoms with Crippen molar-refractivity contribution in [2.75, 3.05) is 13.2 Å². The number of benzene rings is 3. The summed E-state index contributed by atoms with van der Waals surface area (Å²) >= 11 is 0. The molecule has 206 valence electrons. The van der Waals surface area contributed by atoms with E-state index >= 15 is 0 Å². The Morgan fingerprint density at radius 3 is 2.17 bits per heavy atom. The minimum atomic E-state index is -0.912. The molecule has 0 bridgehead atoms. The number of carboxylic acids is 1. The fraction of sp³-hybridized carbons (Fsp3) is 0.364. The topological polar surface area (TPSA) is 95.9 Å². The van der Waals surface area contributed by atoms with E-state index in [0.717, 1.165) is 18.4 Å². The third-order valence-electron chi connectivity index (χ3n) is 8.94. The molecule has 4 unspecified atom stereocenters. The van der Waals surface area contributed by atoms with E-state index < -0.39 is 12.1 Å². The summed E-state index contributed by atoms with van der Waals surface area (Å²) in [6.07, 6.45) is 1.84. The number of fused-ring (bicyclic) bond motifs is 4. The monoisotopic (exact) mass is 538 g/mol. The van der Waals surface area contributed by atoms with Crippen LogP contribution in [-0.2, 0) is 20.9 Å². The van der Waals surface area contributed by atoms with Gasteiger partial charge in [0.15, 0.2) is 0 Å². The summed E-state index contributed by atoms with van der Waals surface area (Å²) < 4.78 is 5.75. The molecular weight excluding hydrogens is 504 g/mol. The maximum absolute atomic E-state index is 13.5. The van der Waals surface area contributed by atoms with E-state index in [9.17, 15) is 19.5 Å². The van der Waals surface area contributed by atoms with E-state index in [-0.39, 0.29) is 49.3 Å². The number of alkyl carbamates (subject to hydrolysis) is 1.